The molecule has 4 fully saturated rings. The zero-order valence-corrected chi connectivity index (χ0v) is 37.1. The fourth-order valence-corrected chi connectivity index (χ4v) is 13.1. The van der Waals surface area contributed by atoms with Crippen LogP contribution in [0.15, 0.2) is 78.9 Å². The molecule has 60 heavy (non-hydrogen) atoms. The second-order valence-electron chi connectivity index (χ2n) is 19.3. The Hall–Kier alpha value is -3.88. The van der Waals surface area contributed by atoms with Gasteiger partial charge in [0.25, 0.3) is 0 Å². The first-order chi connectivity index (χ1) is 28.9. The molecule has 0 radical (unpaired) electrons. The Kier molecular flexibility index (Phi) is 14.0. The van der Waals surface area contributed by atoms with Gasteiger partial charge in [-0.1, -0.05) is 75.4 Å². The molecule has 8 nitrogen and oxygen atoms in total. The number of rotatable bonds is 17. The summed E-state index contributed by atoms with van der Waals surface area (Å²) in [5, 5.41) is 14.3. The number of hydrogen-bond donors (Lipinski definition) is 2. The predicted octanol–water partition coefficient (Wildman–Crippen LogP) is 10.3. The third kappa shape index (κ3) is 9.02. The Balaban J connectivity index is 0.895. The Morgan fingerprint density at radius 2 is 1.38 bits per heavy atom. The van der Waals surface area contributed by atoms with Crippen molar-refractivity contribution in [1.82, 2.24) is 5.32 Å². The van der Waals surface area contributed by atoms with E-state index in [-0.39, 0.29) is 18.0 Å². The first-order valence-corrected chi connectivity index (χ1v) is 23.0. The van der Waals surface area contributed by atoms with Crippen molar-refractivity contribution < 1.29 is 33.6 Å². The Bertz CT molecular complexity index is 1820. The summed E-state index contributed by atoms with van der Waals surface area (Å²) in [6, 6.07) is 26.1. The van der Waals surface area contributed by atoms with Crippen LogP contribution >= 0.6 is 0 Å². The lowest BCUT2D eigenvalue weighted by Gasteiger charge is -2.61. The third-order valence-corrected chi connectivity index (χ3v) is 16.3. The number of carbonyl (C=O) groups excluding carboxylic acids is 2. The maximum atomic E-state index is 13.2. The minimum atomic E-state index is -0.940. The average molecular weight is 822 g/mol. The fraction of sp³-hybridized carbons (Fsp3) is 0.615. The van der Waals surface area contributed by atoms with Crippen LogP contribution in [0.4, 0.5) is 0 Å². The van der Waals surface area contributed by atoms with Crippen LogP contribution < -0.4 is 14.8 Å². The van der Waals surface area contributed by atoms with Crippen molar-refractivity contribution in [3.63, 3.8) is 0 Å². The molecule has 326 valence electrons. The van der Waals surface area contributed by atoms with E-state index in [4.69, 9.17) is 18.9 Å². The zero-order valence-electron chi connectivity index (χ0n) is 37.1. The highest BCUT2D eigenvalue weighted by Crippen LogP contribution is 2.68. The summed E-state index contributed by atoms with van der Waals surface area (Å²) in [6.07, 6.45) is 12.8. The number of ether oxygens (including phenoxy) is 4. The van der Waals surface area contributed by atoms with E-state index >= 15 is 0 Å². The molecule has 6 unspecified atom stereocenters. The lowest BCUT2D eigenvalue weighted by Crippen LogP contribution is -2.54. The first-order valence-electron chi connectivity index (χ1n) is 23.0. The number of hydrogen-bond acceptors (Lipinski definition) is 7. The minimum absolute atomic E-state index is 0.0754. The van der Waals surface area contributed by atoms with E-state index < -0.39 is 11.7 Å². The summed E-state index contributed by atoms with van der Waals surface area (Å²) in [6.45, 7) is 9.85. The van der Waals surface area contributed by atoms with E-state index in [1.54, 1.807) is 21.1 Å². The van der Waals surface area contributed by atoms with Gasteiger partial charge in [-0.2, -0.15) is 0 Å². The van der Waals surface area contributed by atoms with Crippen molar-refractivity contribution in [3.05, 3.63) is 95.6 Å². The van der Waals surface area contributed by atoms with Gasteiger partial charge >= 0.3 is 5.97 Å². The summed E-state index contributed by atoms with van der Waals surface area (Å²) in [7, 11) is 3.32. The molecule has 0 spiro atoms. The maximum absolute atomic E-state index is 13.2. The molecule has 7 rings (SSSR count). The molecule has 2 N–H and O–H groups in total. The monoisotopic (exact) mass is 822 g/mol. The number of aliphatic hydroxyl groups is 1. The van der Waals surface area contributed by atoms with Crippen molar-refractivity contribution >= 4 is 11.9 Å². The number of aliphatic hydroxyl groups excluding tert-OH is 1. The third-order valence-electron chi connectivity index (χ3n) is 16.3. The Morgan fingerprint density at radius 3 is 2.02 bits per heavy atom. The second-order valence-corrected chi connectivity index (χ2v) is 19.3. The summed E-state index contributed by atoms with van der Waals surface area (Å²) in [5.41, 5.74) is 2.64. The van der Waals surface area contributed by atoms with Crippen molar-refractivity contribution in [2.75, 3.05) is 27.4 Å². The fourth-order valence-electron chi connectivity index (χ4n) is 13.1. The molecule has 4 aliphatic carbocycles. The highest BCUT2D eigenvalue weighted by molar-refractivity contribution is 5.75. The van der Waals surface area contributed by atoms with Gasteiger partial charge in [-0.3, -0.25) is 9.59 Å². The van der Waals surface area contributed by atoms with Gasteiger partial charge in [0.05, 0.1) is 26.9 Å². The van der Waals surface area contributed by atoms with Gasteiger partial charge in [-0.15, -0.1) is 0 Å². The van der Waals surface area contributed by atoms with Gasteiger partial charge in [-0.25, -0.2) is 0 Å². The first kappa shape index (κ1) is 44.2. The molecule has 1 amide bonds. The van der Waals surface area contributed by atoms with Crippen LogP contribution in [-0.4, -0.2) is 56.6 Å². The molecular formula is C52H71NO7. The molecule has 4 saturated carbocycles. The number of carbonyl (C=O) groups is 2. The van der Waals surface area contributed by atoms with Crippen molar-refractivity contribution in [1.29, 1.82) is 0 Å². The highest BCUT2D eigenvalue weighted by Gasteiger charge is 2.60. The molecule has 0 aliphatic heterocycles. The van der Waals surface area contributed by atoms with Gasteiger partial charge in [0.15, 0.2) is 0 Å². The number of esters is 1. The molecule has 8 heteroatoms. The maximum Gasteiger partial charge on any atom is 0.302 e. The summed E-state index contributed by atoms with van der Waals surface area (Å²) in [5.74, 6) is 5.63. The van der Waals surface area contributed by atoms with Crippen LogP contribution in [0.3, 0.4) is 0 Å². The smallest absolute Gasteiger partial charge is 0.302 e. The average Bonchev–Trinajstić information content (AvgIpc) is 3.62. The van der Waals surface area contributed by atoms with Crippen molar-refractivity contribution in [2.45, 2.75) is 129 Å². The van der Waals surface area contributed by atoms with Crippen LogP contribution in [0.2, 0.25) is 0 Å². The van der Waals surface area contributed by atoms with E-state index in [1.807, 2.05) is 66.7 Å². The van der Waals surface area contributed by atoms with Crippen LogP contribution in [0.5, 0.6) is 11.5 Å². The summed E-state index contributed by atoms with van der Waals surface area (Å²) < 4.78 is 23.6. The van der Waals surface area contributed by atoms with E-state index in [0.29, 0.717) is 61.0 Å². The van der Waals surface area contributed by atoms with E-state index in [1.165, 1.54) is 44.9 Å². The van der Waals surface area contributed by atoms with E-state index in [2.05, 4.69) is 38.2 Å². The number of nitrogens with one attached hydrogen (secondary N) is 1. The Morgan fingerprint density at radius 1 is 0.767 bits per heavy atom. The van der Waals surface area contributed by atoms with Crippen LogP contribution in [0, 0.1) is 46.3 Å². The van der Waals surface area contributed by atoms with E-state index in [9.17, 15) is 14.7 Å². The highest BCUT2D eigenvalue weighted by atomic mass is 16.5. The quantitative estimate of drug-likeness (QED) is 0.103. The van der Waals surface area contributed by atoms with Crippen LogP contribution in [0.25, 0.3) is 0 Å². The van der Waals surface area contributed by atoms with Gasteiger partial charge in [0.2, 0.25) is 5.91 Å². The SMILES string of the molecule is COc1ccc(C(OCCC(O)CCNC(=O)CC[C@@H](C)[C@H]2CCC3C4CCC5CC(OC(C)=O)CC[C@]5(C)C4CC[C@@]32C)(c2ccccc2)c2ccc(OC)cc2)cc1. The molecule has 0 saturated heterocycles. The second kappa shape index (κ2) is 19.0. The molecular weight excluding hydrogens is 751 g/mol. The summed E-state index contributed by atoms with van der Waals surface area (Å²) in [4.78, 5) is 24.9. The summed E-state index contributed by atoms with van der Waals surface area (Å²) >= 11 is 0. The van der Waals surface area contributed by atoms with Gasteiger partial charge in [0.1, 0.15) is 23.2 Å². The number of fused-ring (bicyclic) bond motifs is 5. The van der Waals surface area contributed by atoms with Gasteiger partial charge in [0, 0.05) is 19.9 Å². The molecule has 4 aliphatic rings. The minimum Gasteiger partial charge on any atom is -0.497 e. The van der Waals surface area contributed by atoms with Crippen LogP contribution in [0.1, 0.15) is 128 Å². The van der Waals surface area contributed by atoms with Crippen molar-refractivity contribution in [2.24, 2.45) is 46.3 Å². The van der Waals surface area contributed by atoms with Crippen LogP contribution in [-0.2, 0) is 24.7 Å². The molecule has 3 aromatic rings. The standard InChI is InChI=1S/C52H71NO7/c1-35(46-23-24-47-45-22-17-40-34-44(60-36(2)54)26-30-50(40,3)48(45)27-31-51(46,47)4)12-25-49(56)53-32-28-41(55)29-33-59-52(37-10-8-7-9-11-37,38-13-18-42(57-5)19-14-38)39-15-20-43(58-6)21-16-39/h7-11,13-16,18-21,35,40-41,44-48,55H,12,17,22-34H2,1-6H3,(H,53,56)/t35-,40?,41?,44?,45?,46-,47?,48?,50+,51-/m1/s1. The largest absolute Gasteiger partial charge is 0.497 e. The molecule has 0 aromatic heterocycles. The molecule has 0 heterocycles. The number of methoxy groups -OCH3 is 2. The number of amides is 1. The number of benzene rings is 3. The topological polar surface area (TPSA) is 103 Å². The zero-order chi connectivity index (χ0) is 42.5. The normalized spacial score (nSPS) is 29.6. The lowest BCUT2D eigenvalue weighted by molar-refractivity contribution is -0.160. The molecule has 0 bridgehead atoms. The lowest BCUT2D eigenvalue weighted by atomic mass is 9.44. The molecule has 3 aromatic carbocycles. The van der Waals surface area contributed by atoms with Crippen molar-refractivity contribution in [3.8, 4) is 11.5 Å². The van der Waals surface area contributed by atoms with E-state index in [0.717, 1.165) is 65.2 Å². The van der Waals surface area contributed by atoms with Gasteiger partial charge in [-0.05, 0) is 164 Å². The Labute approximate surface area is 359 Å². The molecule has 10 atom stereocenters. The predicted molar refractivity (Wildman–Crippen MR) is 236 cm³/mol. The van der Waals surface area contributed by atoms with Gasteiger partial charge < -0.3 is 29.4 Å².